The summed E-state index contributed by atoms with van der Waals surface area (Å²) < 4.78 is 0. The normalized spacial score (nSPS) is 16.7. The number of amides is 3. The Morgan fingerprint density at radius 1 is 0.900 bits per heavy atom. The van der Waals surface area contributed by atoms with Gasteiger partial charge in [0.25, 0.3) is 11.8 Å². The molecule has 7 heteroatoms. The summed E-state index contributed by atoms with van der Waals surface area (Å²) in [5, 5.41) is 3.00. The van der Waals surface area contributed by atoms with Gasteiger partial charge in [-0.1, -0.05) is 24.3 Å². The van der Waals surface area contributed by atoms with Crippen LogP contribution in [0.25, 0.3) is 0 Å². The molecule has 2 aliphatic heterocycles. The van der Waals surface area contributed by atoms with Crippen LogP contribution in [0.15, 0.2) is 48.5 Å². The summed E-state index contributed by atoms with van der Waals surface area (Å²) >= 11 is 0. The number of imide groups is 1. The molecule has 0 bridgehead atoms. The number of nitrogens with zero attached hydrogens (tertiary/aromatic N) is 3. The zero-order valence-electron chi connectivity index (χ0n) is 17.1. The molecule has 0 saturated carbocycles. The van der Waals surface area contributed by atoms with E-state index < -0.39 is 0 Å². The van der Waals surface area contributed by atoms with Crippen molar-refractivity contribution in [1.82, 2.24) is 9.80 Å². The number of anilines is 2. The van der Waals surface area contributed by atoms with E-state index in [4.69, 9.17) is 0 Å². The average molecular weight is 406 g/mol. The van der Waals surface area contributed by atoms with E-state index in [1.165, 1.54) is 4.90 Å². The van der Waals surface area contributed by atoms with Crippen molar-refractivity contribution in [3.05, 3.63) is 59.7 Å². The maximum Gasteiger partial charge on any atom is 0.261 e. The molecule has 0 aliphatic carbocycles. The van der Waals surface area contributed by atoms with Crippen molar-refractivity contribution in [2.75, 3.05) is 50.0 Å². The summed E-state index contributed by atoms with van der Waals surface area (Å²) in [4.78, 5) is 43.2. The van der Waals surface area contributed by atoms with Crippen LogP contribution in [-0.4, -0.2) is 67.3 Å². The Morgan fingerprint density at radius 2 is 1.50 bits per heavy atom. The van der Waals surface area contributed by atoms with Gasteiger partial charge >= 0.3 is 0 Å². The fourth-order valence-electron chi connectivity index (χ4n) is 3.96. The predicted molar refractivity (Wildman–Crippen MR) is 116 cm³/mol. The van der Waals surface area contributed by atoms with Crippen LogP contribution in [0.2, 0.25) is 0 Å². The lowest BCUT2D eigenvalue weighted by Gasteiger charge is -2.35. The van der Waals surface area contributed by atoms with Gasteiger partial charge in [-0.15, -0.1) is 0 Å². The average Bonchev–Trinajstić information content (AvgIpc) is 3.00. The highest BCUT2D eigenvalue weighted by Gasteiger charge is 2.34. The molecule has 1 N–H and O–H groups in total. The van der Waals surface area contributed by atoms with Gasteiger partial charge in [-0.2, -0.15) is 0 Å². The lowest BCUT2D eigenvalue weighted by atomic mass is 10.1. The fourth-order valence-corrected chi connectivity index (χ4v) is 3.96. The van der Waals surface area contributed by atoms with Gasteiger partial charge in [-0.3, -0.25) is 19.3 Å². The van der Waals surface area contributed by atoms with Gasteiger partial charge < -0.3 is 15.1 Å². The molecule has 2 aromatic rings. The number of rotatable bonds is 6. The van der Waals surface area contributed by atoms with Crippen LogP contribution in [0.3, 0.4) is 0 Å². The van der Waals surface area contributed by atoms with Crippen LogP contribution in [0, 0.1) is 0 Å². The first-order valence-corrected chi connectivity index (χ1v) is 10.3. The summed E-state index contributed by atoms with van der Waals surface area (Å²) in [6.07, 6.45) is 0.665. The lowest BCUT2D eigenvalue weighted by molar-refractivity contribution is -0.116. The molecule has 3 amide bonds. The molecule has 4 rings (SSSR count). The molecule has 7 nitrogen and oxygen atoms in total. The van der Waals surface area contributed by atoms with Crippen molar-refractivity contribution in [3.63, 3.8) is 0 Å². The molecule has 2 heterocycles. The van der Waals surface area contributed by atoms with E-state index in [0.717, 1.165) is 37.6 Å². The molecule has 0 aromatic heterocycles. The summed E-state index contributed by atoms with van der Waals surface area (Å²) in [7, 11) is 2.11. The van der Waals surface area contributed by atoms with E-state index in [1.54, 1.807) is 24.3 Å². The topological polar surface area (TPSA) is 73.0 Å². The van der Waals surface area contributed by atoms with Crippen LogP contribution < -0.4 is 10.2 Å². The zero-order valence-corrected chi connectivity index (χ0v) is 17.1. The molecule has 1 fully saturated rings. The molecule has 156 valence electrons. The van der Waals surface area contributed by atoms with Crippen LogP contribution >= 0.6 is 0 Å². The summed E-state index contributed by atoms with van der Waals surface area (Å²) in [6.45, 7) is 4.05. The Bertz CT molecular complexity index is 931. The second-order valence-electron chi connectivity index (χ2n) is 7.77. The summed E-state index contributed by atoms with van der Waals surface area (Å²) in [5.41, 5.74) is 2.70. The first-order chi connectivity index (χ1) is 14.5. The smallest absolute Gasteiger partial charge is 0.261 e. The van der Waals surface area contributed by atoms with Crippen LogP contribution in [0.4, 0.5) is 11.4 Å². The highest BCUT2D eigenvalue weighted by atomic mass is 16.2. The number of carbonyl (C=O) groups excluding carboxylic acids is 3. The molecule has 0 spiro atoms. The Morgan fingerprint density at radius 3 is 2.17 bits per heavy atom. The third-order valence-electron chi connectivity index (χ3n) is 5.69. The maximum atomic E-state index is 12.5. The molecule has 30 heavy (non-hydrogen) atoms. The second-order valence-corrected chi connectivity index (χ2v) is 7.77. The second kappa shape index (κ2) is 8.67. The van der Waals surface area contributed by atoms with E-state index in [-0.39, 0.29) is 30.7 Å². The number of carbonyl (C=O) groups is 3. The number of likely N-dealkylation sites (N-methyl/N-ethyl adjacent to an activating group) is 1. The van der Waals surface area contributed by atoms with Crippen LogP contribution in [-0.2, 0) is 4.79 Å². The number of piperazine rings is 1. The Hall–Kier alpha value is -3.19. The number of benzene rings is 2. The minimum atomic E-state index is -0.281. The SMILES string of the molecule is CN1CCN(c2ccccc2NC(=O)CCCN2C(=O)c3ccccc3C2=O)CC1. The van der Waals surface area contributed by atoms with E-state index in [2.05, 4.69) is 22.2 Å². The maximum absolute atomic E-state index is 12.5. The van der Waals surface area contributed by atoms with Crippen molar-refractivity contribution < 1.29 is 14.4 Å². The number of hydrogen-bond acceptors (Lipinski definition) is 5. The third-order valence-corrected chi connectivity index (χ3v) is 5.69. The summed E-state index contributed by atoms with van der Waals surface area (Å²) in [5.74, 6) is -0.680. The number of para-hydroxylation sites is 2. The number of fused-ring (bicyclic) bond motifs is 1. The van der Waals surface area contributed by atoms with Crippen molar-refractivity contribution in [2.24, 2.45) is 0 Å². The van der Waals surface area contributed by atoms with E-state index in [9.17, 15) is 14.4 Å². The van der Waals surface area contributed by atoms with Crippen molar-refractivity contribution in [1.29, 1.82) is 0 Å². The fraction of sp³-hybridized carbons (Fsp3) is 0.348. The first-order valence-electron chi connectivity index (χ1n) is 10.3. The van der Waals surface area contributed by atoms with Gasteiger partial charge in [-0.25, -0.2) is 0 Å². The minimum Gasteiger partial charge on any atom is -0.367 e. The van der Waals surface area contributed by atoms with Crippen LogP contribution in [0.5, 0.6) is 0 Å². The molecule has 1 saturated heterocycles. The predicted octanol–water partition coefficient (Wildman–Crippen LogP) is 2.45. The highest BCUT2D eigenvalue weighted by molar-refractivity contribution is 6.21. The number of hydrogen-bond donors (Lipinski definition) is 1. The zero-order chi connectivity index (χ0) is 21.1. The number of nitrogens with one attached hydrogen (secondary N) is 1. The Labute approximate surface area is 176 Å². The molecular weight excluding hydrogens is 380 g/mol. The van der Waals surface area contributed by atoms with Gasteiger partial charge in [0, 0.05) is 39.1 Å². The van der Waals surface area contributed by atoms with E-state index >= 15 is 0 Å². The lowest BCUT2D eigenvalue weighted by Crippen LogP contribution is -2.44. The van der Waals surface area contributed by atoms with Crippen molar-refractivity contribution in [3.8, 4) is 0 Å². The quantitative estimate of drug-likeness (QED) is 0.746. The van der Waals surface area contributed by atoms with E-state index in [1.807, 2.05) is 24.3 Å². The largest absolute Gasteiger partial charge is 0.367 e. The molecular formula is C23H26N4O3. The Balaban J connectivity index is 1.32. The van der Waals surface area contributed by atoms with Crippen molar-refractivity contribution >= 4 is 29.1 Å². The third kappa shape index (κ3) is 4.07. The van der Waals surface area contributed by atoms with Gasteiger partial charge in [0.15, 0.2) is 0 Å². The molecule has 2 aromatic carbocycles. The molecule has 2 aliphatic rings. The van der Waals surface area contributed by atoms with Crippen molar-refractivity contribution in [2.45, 2.75) is 12.8 Å². The van der Waals surface area contributed by atoms with Crippen LogP contribution in [0.1, 0.15) is 33.6 Å². The monoisotopic (exact) mass is 406 g/mol. The first kappa shape index (κ1) is 20.1. The van der Waals surface area contributed by atoms with Gasteiger partial charge in [0.05, 0.1) is 22.5 Å². The standard InChI is InChI=1S/C23H26N4O3/c1-25-13-15-26(16-14-25)20-10-5-4-9-19(20)24-21(28)11-6-12-27-22(29)17-7-2-3-8-18(17)23(27)30/h2-5,7-10H,6,11-16H2,1H3,(H,24,28). The van der Waals surface area contributed by atoms with Gasteiger partial charge in [-0.05, 0) is 37.7 Å². The van der Waals surface area contributed by atoms with E-state index in [0.29, 0.717) is 17.5 Å². The summed E-state index contributed by atoms with van der Waals surface area (Å²) in [6, 6.07) is 14.7. The van der Waals surface area contributed by atoms with Gasteiger partial charge in [0.1, 0.15) is 0 Å². The molecule has 0 atom stereocenters. The van der Waals surface area contributed by atoms with Gasteiger partial charge in [0.2, 0.25) is 5.91 Å². The highest BCUT2D eigenvalue weighted by Crippen LogP contribution is 2.27. The molecule has 0 radical (unpaired) electrons. The Kier molecular flexibility index (Phi) is 5.81. The minimum absolute atomic E-state index is 0.117. The molecule has 0 unspecified atom stereocenters.